The molecule has 1 atom stereocenters. The van der Waals surface area contributed by atoms with Crippen LogP contribution in [0.15, 0.2) is 0 Å². The van der Waals surface area contributed by atoms with Crippen molar-refractivity contribution in [2.24, 2.45) is 5.92 Å². The molecule has 0 aromatic carbocycles. The summed E-state index contributed by atoms with van der Waals surface area (Å²) in [5.74, 6) is 2.83. The zero-order valence-electron chi connectivity index (χ0n) is 6.01. The van der Waals surface area contributed by atoms with Crippen molar-refractivity contribution >= 4 is 25.3 Å². The molecule has 0 bridgehead atoms. The molecule has 0 N–H and O–H groups in total. The third kappa shape index (κ3) is 6.59. The van der Waals surface area contributed by atoms with E-state index in [0.717, 1.165) is 17.4 Å². The van der Waals surface area contributed by atoms with Crippen LogP contribution in [0.3, 0.4) is 0 Å². The Kier molecular flexibility index (Phi) is 7.34. The molecule has 0 aromatic heterocycles. The Morgan fingerprint density at radius 2 is 1.89 bits per heavy atom. The first-order valence-electron chi connectivity index (χ1n) is 3.53. The van der Waals surface area contributed by atoms with Gasteiger partial charge in [0.15, 0.2) is 0 Å². The molecule has 0 aliphatic carbocycles. The first kappa shape index (κ1) is 9.70. The largest absolute Gasteiger partial charge is 0.179 e. The van der Waals surface area contributed by atoms with Crippen molar-refractivity contribution in [2.45, 2.75) is 26.2 Å². The molecule has 0 rings (SSSR count). The Bertz CT molecular complexity index is 54.9. The van der Waals surface area contributed by atoms with E-state index in [9.17, 15) is 0 Å². The van der Waals surface area contributed by atoms with E-state index >= 15 is 0 Å². The summed E-state index contributed by atoms with van der Waals surface area (Å²) in [4.78, 5) is 0. The number of unbranched alkanes of at least 4 members (excludes halogenated alkanes) is 1. The Morgan fingerprint density at radius 1 is 1.22 bits per heavy atom. The van der Waals surface area contributed by atoms with Crippen LogP contribution in [0.4, 0.5) is 0 Å². The first-order valence-corrected chi connectivity index (χ1v) is 4.79. The molecule has 0 aromatic rings. The highest BCUT2D eigenvalue weighted by atomic mass is 32.1. The maximum absolute atomic E-state index is 4.20. The molecule has 1 unspecified atom stereocenters. The standard InChI is InChI=1S/C7H16S2/c1-7(6-9)4-2-3-5-8/h7-9H,2-6H2,1H3. The lowest BCUT2D eigenvalue weighted by Gasteiger charge is -2.04. The smallest absolute Gasteiger partial charge is 0.00721 e. The van der Waals surface area contributed by atoms with Crippen molar-refractivity contribution in [3.63, 3.8) is 0 Å². The molecule has 0 nitrogen and oxygen atoms in total. The van der Waals surface area contributed by atoms with Crippen LogP contribution in [-0.4, -0.2) is 11.5 Å². The minimum absolute atomic E-state index is 0.785. The van der Waals surface area contributed by atoms with Crippen LogP contribution in [0.2, 0.25) is 0 Å². The van der Waals surface area contributed by atoms with Gasteiger partial charge in [-0.15, -0.1) is 0 Å². The van der Waals surface area contributed by atoms with Crippen LogP contribution in [-0.2, 0) is 0 Å². The van der Waals surface area contributed by atoms with Gasteiger partial charge in [-0.2, -0.15) is 25.3 Å². The van der Waals surface area contributed by atoms with Crippen LogP contribution in [0.25, 0.3) is 0 Å². The second-order valence-corrected chi connectivity index (χ2v) is 3.32. The van der Waals surface area contributed by atoms with E-state index in [2.05, 4.69) is 32.2 Å². The van der Waals surface area contributed by atoms with E-state index in [-0.39, 0.29) is 0 Å². The van der Waals surface area contributed by atoms with Gasteiger partial charge >= 0.3 is 0 Å². The Morgan fingerprint density at radius 3 is 2.33 bits per heavy atom. The van der Waals surface area contributed by atoms with Crippen molar-refractivity contribution < 1.29 is 0 Å². The Hall–Kier alpha value is 0.700. The molecule has 9 heavy (non-hydrogen) atoms. The van der Waals surface area contributed by atoms with Crippen LogP contribution < -0.4 is 0 Å². The van der Waals surface area contributed by atoms with Gasteiger partial charge in [0.2, 0.25) is 0 Å². The quantitative estimate of drug-likeness (QED) is 0.453. The van der Waals surface area contributed by atoms with E-state index in [4.69, 9.17) is 0 Å². The maximum Gasteiger partial charge on any atom is -0.00721 e. The number of thiol groups is 2. The van der Waals surface area contributed by atoms with Crippen molar-refractivity contribution in [3.05, 3.63) is 0 Å². The van der Waals surface area contributed by atoms with Crippen LogP contribution in [0.5, 0.6) is 0 Å². The van der Waals surface area contributed by atoms with Gasteiger partial charge in [-0.25, -0.2) is 0 Å². The average molecular weight is 164 g/mol. The van der Waals surface area contributed by atoms with E-state index in [1.807, 2.05) is 0 Å². The number of rotatable bonds is 5. The van der Waals surface area contributed by atoms with Crippen LogP contribution in [0.1, 0.15) is 26.2 Å². The molecule has 2 heteroatoms. The summed E-state index contributed by atoms with van der Waals surface area (Å²) < 4.78 is 0. The van der Waals surface area contributed by atoms with Gasteiger partial charge in [-0.05, 0) is 30.3 Å². The van der Waals surface area contributed by atoms with Crippen molar-refractivity contribution in [3.8, 4) is 0 Å². The van der Waals surface area contributed by atoms with Gasteiger partial charge in [0.05, 0.1) is 0 Å². The fourth-order valence-corrected chi connectivity index (χ4v) is 1.10. The summed E-state index contributed by atoms with van der Waals surface area (Å²) in [6, 6.07) is 0. The van der Waals surface area contributed by atoms with Crippen LogP contribution in [0, 0.1) is 5.92 Å². The molecule has 0 heterocycles. The predicted octanol–water partition coefficient (Wildman–Crippen LogP) is 2.65. The highest BCUT2D eigenvalue weighted by Crippen LogP contribution is 2.08. The normalized spacial score (nSPS) is 13.7. The summed E-state index contributed by atoms with van der Waals surface area (Å²) in [6.45, 7) is 2.24. The van der Waals surface area contributed by atoms with Crippen molar-refractivity contribution in [2.75, 3.05) is 11.5 Å². The molecule has 0 aliphatic rings. The molecule has 0 saturated carbocycles. The molecule has 0 saturated heterocycles. The zero-order chi connectivity index (χ0) is 7.11. The molecule has 0 amide bonds. The van der Waals surface area contributed by atoms with Crippen molar-refractivity contribution in [1.29, 1.82) is 0 Å². The molecule has 0 aliphatic heterocycles. The third-order valence-corrected chi connectivity index (χ3v) is 2.36. The minimum atomic E-state index is 0.785. The lowest BCUT2D eigenvalue weighted by atomic mass is 10.1. The van der Waals surface area contributed by atoms with Gasteiger partial charge in [0, 0.05) is 0 Å². The minimum Gasteiger partial charge on any atom is -0.179 e. The molecule has 0 radical (unpaired) electrons. The zero-order valence-corrected chi connectivity index (χ0v) is 7.80. The number of hydrogen-bond donors (Lipinski definition) is 2. The highest BCUT2D eigenvalue weighted by Gasteiger charge is 1.96. The summed E-state index contributed by atoms with van der Waals surface area (Å²) >= 11 is 8.33. The highest BCUT2D eigenvalue weighted by molar-refractivity contribution is 7.80. The fraction of sp³-hybridized carbons (Fsp3) is 1.00. The molecule has 56 valence electrons. The summed E-state index contributed by atoms with van der Waals surface area (Å²) in [5.41, 5.74) is 0. The summed E-state index contributed by atoms with van der Waals surface area (Å²) in [6.07, 6.45) is 3.87. The monoisotopic (exact) mass is 164 g/mol. The van der Waals surface area contributed by atoms with Crippen molar-refractivity contribution in [1.82, 2.24) is 0 Å². The second kappa shape index (κ2) is 6.81. The van der Waals surface area contributed by atoms with Crippen LogP contribution >= 0.6 is 25.3 Å². The van der Waals surface area contributed by atoms with E-state index < -0.39 is 0 Å². The second-order valence-electron chi connectivity index (χ2n) is 2.51. The Balaban J connectivity index is 2.88. The van der Waals surface area contributed by atoms with Gasteiger partial charge < -0.3 is 0 Å². The first-order chi connectivity index (χ1) is 4.31. The lowest BCUT2D eigenvalue weighted by Crippen LogP contribution is -1.95. The Labute approximate surface area is 69.2 Å². The maximum atomic E-state index is 4.20. The summed E-state index contributed by atoms with van der Waals surface area (Å²) in [5, 5.41) is 0. The van der Waals surface area contributed by atoms with Gasteiger partial charge in [0.25, 0.3) is 0 Å². The van der Waals surface area contributed by atoms with Gasteiger partial charge in [-0.1, -0.05) is 13.3 Å². The van der Waals surface area contributed by atoms with E-state index in [1.54, 1.807) is 0 Å². The van der Waals surface area contributed by atoms with Gasteiger partial charge in [-0.3, -0.25) is 0 Å². The number of hydrogen-bond acceptors (Lipinski definition) is 2. The molecular weight excluding hydrogens is 148 g/mol. The van der Waals surface area contributed by atoms with Gasteiger partial charge in [0.1, 0.15) is 0 Å². The molecule has 0 fully saturated rings. The fourth-order valence-electron chi connectivity index (χ4n) is 0.696. The average Bonchev–Trinajstić information content (AvgIpc) is 1.89. The molecular formula is C7H16S2. The third-order valence-electron chi connectivity index (χ3n) is 1.42. The SMILES string of the molecule is CC(CS)CCCCS. The predicted molar refractivity (Wildman–Crippen MR) is 50.7 cm³/mol. The lowest BCUT2D eigenvalue weighted by molar-refractivity contribution is 0.561. The summed E-state index contributed by atoms with van der Waals surface area (Å²) in [7, 11) is 0. The van der Waals surface area contributed by atoms with E-state index in [0.29, 0.717) is 0 Å². The topological polar surface area (TPSA) is 0 Å². The van der Waals surface area contributed by atoms with E-state index in [1.165, 1.54) is 19.3 Å². The molecule has 0 spiro atoms.